The van der Waals surface area contributed by atoms with Crippen molar-refractivity contribution >= 4 is 53.7 Å². The summed E-state index contributed by atoms with van der Waals surface area (Å²) in [4.78, 5) is 5.05. The molecule has 0 atom stereocenters. The molecule has 0 radical (unpaired) electrons. The molecule has 146 valence electrons. The second-order valence-electron chi connectivity index (χ2n) is 6.63. The van der Waals surface area contributed by atoms with E-state index in [1.807, 2.05) is 47.8 Å². The van der Waals surface area contributed by atoms with E-state index in [1.54, 1.807) is 19.2 Å². The molecule has 0 unspecified atom stereocenters. The van der Waals surface area contributed by atoms with Gasteiger partial charge in [-0.15, -0.1) is 11.3 Å². The Bertz CT molecular complexity index is 1360. The standard InChI is InChI=1S/C21H15BrN2O3S2/c1-27-18-9-8-14(22)10-16(18)21-23-15(12-28-21)11-24-17-6-2-4-13-5-3-7-19(20(13)17)29(24,25)26/h2-10,12H,11H2,1H3. The Hall–Kier alpha value is -2.42. The van der Waals surface area contributed by atoms with E-state index in [0.29, 0.717) is 16.3 Å². The molecule has 4 aromatic rings. The maximum Gasteiger partial charge on any atom is 0.265 e. The topological polar surface area (TPSA) is 59.5 Å². The van der Waals surface area contributed by atoms with Gasteiger partial charge in [0.25, 0.3) is 10.0 Å². The third-order valence-corrected chi connectivity index (χ3v) is 8.15. The first-order chi connectivity index (χ1) is 14.0. The number of hydrogen-bond acceptors (Lipinski definition) is 5. The van der Waals surface area contributed by atoms with Crippen molar-refractivity contribution in [1.82, 2.24) is 4.98 Å². The minimum absolute atomic E-state index is 0.183. The summed E-state index contributed by atoms with van der Waals surface area (Å²) in [5.41, 5.74) is 2.26. The van der Waals surface area contributed by atoms with Gasteiger partial charge >= 0.3 is 0 Å². The molecule has 0 amide bonds. The number of thiazole rings is 1. The maximum atomic E-state index is 13.2. The third kappa shape index (κ3) is 2.94. The first kappa shape index (κ1) is 18.6. The molecule has 0 bridgehead atoms. The summed E-state index contributed by atoms with van der Waals surface area (Å²) in [7, 11) is -1.98. The maximum absolute atomic E-state index is 13.2. The second kappa shape index (κ2) is 6.83. The number of nitrogens with zero attached hydrogens (tertiary/aromatic N) is 2. The molecule has 1 aromatic heterocycles. The molecule has 8 heteroatoms. The normalized spacial score (nSPS) is 14.5. The summed E-state index contributed by atoms with van der Waals surface area (Å²) in [6.07, 6.45) is 0. The van der Waals surface area contributed by atoms with Crippen LogP contribution in [0.25, 0.3) is 21.3 Å². The lowest BCUT2D eigenvalue weighted by Crippen LogP contribution is -2.26. The smallest absolute Gasteiger partial charge is 0.265 e. The van der Waals surface area contributed by atoms with E-state index in [1.165, 1.54) is 15.6 Å². The van der Waals surface area contributed by atoms with Crippen LogP contribution in [0.2, 0.25) is 0 Å². The van der Waals surface area contributed by atoms with E-state index >= 15 is 0 Å². The van der Waals surface area contributed by atoms with E-state index in [0.717, 1.165) is 31.6 Å². The van der Waals surface area contributed by atoms with Crippen molar-refractivity contribution in [2.75, 3.05) is 11.4 Å². The largest absolute Gasteiger partial charge is 0.496 e. The van der Waals surface area contributed by atoms with E-state index in [4.69, 9.17) is 9.72 Å². The van der Waals surface area contributed by atoms with E-state index in [9.17, 15) is 8.42 Å². The van der Waals surface area contributed by atoms with E-state index in [2.05, 4.69) is 15.9 Å². The number of benzene rings is 3. The van der Waals surface area contributed by atoms with Gasteiger partial charge in [0.1, 0.15) is 10.8 Å². The number of aromatic nitrogens is 1. The number of sulfonamides is 1. The number of ether oxygens (including phenoxy) is 1. The molecule has 0 saturated heterocycles. The number of rotatable bonds is 4. The predicted octanol–water partition coefficient (Wildman–Crippen LogP) is 5.44. The van der Waals surface area contributed by atoms with Crippen LogP contribution in [0.4, 0.5) is 5.69 Å². The Morgan fingerprint density at radius 3 is 2.72 bits per heavy atom. The predicted molar refractivity (Wildman–Crippen MR) is 119 cm³/mol. The lowest BCUT2D eigenvalue weighted by molar-refractivity contribution is 0.416. The minimum Gasteiger partial charge on any atom is -0.496 e. The minimum atomic E-state index is -3.61. The Balaban J connectivity index is 1.55. The van der Waals surface area contributed by atoms with Crippen LogP contribution in [0.3, 0.4) is 0 Å². The van der Waals surface area contributed by atoms with E-state index in [-0.39, 0.29) is 6.54 Å². The quantitative estimate of drug-likeness (QED) is 0.385. The molecular formula is C21H15BrN2O3S2. The van der Waals surface area contributed by atoms with Gasteiger partial charge in [-0.1, -0.05) is 40.2 Å². The molecule has 1 aliphatic rings. The number of halogens is 1. The first-order valence-corrected chi connectivity index (χ1v) is 11.9. The van der Waals surface area contributed by atoms with Gasteiger partial charge in [0, 0.05) is 15.2 Å². The van der Waals surface area contributed by atoms with Crippen LogP contribution in [-0.4, -0.2) is 20.5 Å². The van der Waals surface area contributed by atoms with Crippen molar-refractivity contribution in [3.63, 3.8) is 0 Å². The molecule has 0 aliphatic carbocycles. The molecule has 5 nitrogen and oxygen atoms in total. The van der Waals surface area contributed by atoms with Gasteiger partial charge in [-0.05, 0) is 35.7 Å². The first-order valence-electron chi connectivity index (χ1n) is 8.82. The molecule has 5 rings (SSSR count). The van der Waals surface area contributed by atoms with Crippen LogP contribution in [0.5, 0.6) is 5.75 Å². The van der Waals surface area contributed by atoms with Gasteiger partial charge in [-0.25, -0.2) is 13.4 Å². The zero-order chi connectivity index (χ0) is 20.2. The number of methoxy groups -OCH3 is 1. The average molecular weight is 487 g/mol. The van der Waals surface area contributed by atoms with Gasteiger partial charge in [0.15, 0.2) is 0 Å². The summed E-state index contributed by atoms with van der Waals surface area (Å²) >= 11 is 4.95. The van der Waals surface area contributed by atoms with Crippen molar-refractivity contribution in [1.29, 1.82) is 0 Å². The SMILES string of the molecule is COc1ccc(Br)cc1-c1nc(CN2c3cccc4cccc(c34)S2(=O)=O)cs1. The van der Waals surface area contributed by atoms with Crippen LogP contribution in [-0.2, 0) is 16.6 Å². The number of anilines is 1. The molecule has 0 spiro atoms. The van der Waals surface area contributed by atoms with Gasteiger partial charge in [0.2, 0.25) is 0 Å². The summed E-state index contributed by atoms with van der Waals surface area (Å²) in [5, 5.41) is 4.38. The highest BCUT2D eigenvalue weighted by atomic mass is 79.9. The Morgan fingerprint density at radius 1 is 1.14 bits per heavy atom. The Labute approximate surface area is 180 Å². The van der Waals surface area contributed by atoms with Crippen LogP contribution in [0.1, 0.15) is 5.69 Å². The second-order valence-corrected chi connectivity index (χ2v) is 10.2. The van der Waals surface area contributed by atoms with Crippen molar-refractivity contribution in [2.24, 2.45) is 0 Å². The van der Waals surface area contributed by atoms with E-state index < -0.39 is 10.0 Å². The molecule has 0 saturated carbocycles. The number of hydrogen-bond donors (Lipinski definition) is 0. The average Bonchev–Trinajstić information content (AvgIpc) is 3.27. The highest BCUT2D eigenvalue weighted by molar-refractivity contribution is 9.10. The highest BCUT2D eigenvalue weighted by Crippen LogP contribution is 2.43. The Morgan fingerprint density at radius 2 is 1.93 bits per heavy atom. The molecule has 2 heterocycles. The summed E-state index contributed by atoms with van der Waals surface area (Å²) < 4.78 is 34.2. The molecule has 3 aromatic carbocycles. The van der Waals surface area contributed by atoms with Crippen molar-refractivity contribution in [2.45, 2.75) is 11.4 Å². The van der Waals surface area contributed by atoms with Crippen LogP contribution in [0.15, 0.2) is 69.3 Å². The fourth-order valence-electron chi connectivity index (χ4n) is 3.63. The van der Waals surface area contributed by atoms with Gasteiger partial charge < -0.3 is 4.74 Å². The van der Waals surface area contributed by atoms with Crippen molar-refractivity contribution in [3.05, 3.63) is 70.1 Å². The third-order valence-electron chi connectivity index (χ3n) is 4.93. The summed E-state index contributed by atoms with van der Waals surface area (Å²) in [6.45, 7) is 0.183. The molecule has 0 fully saturated rings. The monoisotopic (exact) mass is 486 g/mol. The van der Waals surface area contributed by atoms with Gasteiger partial charge in [-0.2, -0.15) is 0 Å². The molecule has 0 N–H and O–H groups in total. The lowest BCUT2D eigenvalue weighted by Gasteiger charge is -2.17. The highest BCUT2D eigenvalue weighted by Gasteiger charge is 2.35. The van der Waals surface area contributed by atoms with Crippen LogP contribution < -0.4 is 9.04 Å². The molecule has 29 heavy (non-hydrogen) atoms. The van der Waals surface area contributed by atoms with Gasteiger partial charge in [-0.3, -0.25) is 4.31 Å². The molecule has 1 aliphatic heterocycles. The van der Waals surface area contributed by atoms with Gasteiger partial charge in [0.05, 0.1) is 35.5 Å². The lowest BCUT2D eigenvalue weighted by atomic mass is 10.1. The molecular weight excluding hydrogens is 472 g/mol. The zero-order valence-corrected chi connectivity index (χ0v) is 18.5. The van der Waals surface area contributed by atoms with Crippen molar-refractivity contribution in [3.8, 4) is 16.3 Å². The van der Waals surface area contributed by atoms with Crippen molar-refractivity contribution < 1.29 is 13.2 Å². The van der Waals surface area contributed by atoms with Crippen LogP contribution >= 0.6 is 27.3 Å². The van der Waals surface area contributed by atoms with Crippen LogP contribution in [0, 0.1) is 0 Å². The summed E-state index contributed by atoms with van der Waals surface area (Å²) in [5.74, 6) is 0.722. The summed E-state index contributed by atoms with van der Waals surface area (Å²) in [6, 6.07) is 16.8. The fraction of sp³-hybridized carbons (Fsp3) is 0.0952. The fourth-order valence-corrected chi connectivity index (χ4v) is 6.50. The zero-order valence-electron chi connectivity index (χ0n) is 15.3. The Kier molecular flexibility index (Phi) is 4.38.